The summed E-state index contributed by atoms with van der Waals surface area (Å²) in [5, 5.41) is 5.85. The number of ether oxygens (including phenoxy) is 1. The molecule has 21 heavy (non-hydrogen) atoms. The number of aromatic nitrogens is 2. The summed E-state index contributed by atoms with van der Waals surface area (Å²) in [5.41, 5.74) is 0.603. The number of para-hydroxylation sites is 2. The third kappa shape index (κ3) is 4.17. The number of nitrogens with one attached hydrogen (secondary N) is 2. The normalized spacial score (nSPS) is 10.0. The maximum atomic E-state index is 11.2. The Kier molecular flexibility index (Phi) is 4.71. The van der Waals surface area contributed by atoms with Crippen LogP contribution in [0, 0.1) is 6.92 Å². The lowest BCUT2D eigenvalue weighted by Gasteiger charge is -2.12. The minimum absolute atomic E-state index is 0.154. The summed E-state index contributed by atoms with van der Waals surface area (Å²) >= 11 is 0. The van der Waals surface area contributed by atoms with Gasteiger partial charge in [0, 0.05) is 19.5 Å². The molecule has 1 aromatic carbocycles. The summed E-state index contributed by atoms with van der Waals surface area (Å²) in [4.78, 5) is 19.7. The molecule has 0 bridgehead atoms. The Hall–Kier alpha value is -2.63. The van der Waals surface area contributed by atoms with Crippen LogP contribution in [-0.4, -0.2) is 22.4 Å². The highest BCUT2D eigenvalue weighted by atomic mass is 16.5. The van der Waals surface area contributed by atoms with E-state index in [1.54, 1.807) is 25.1 Å². The minimum atomic E-state index is -0.154. The standard InChI is InChI=1S/C15H18N4O2/c1-4-16-14-9-15(18-10(2)17-14)21-13-8-6-5-7-12(13)19-11(3)20/h5-9H,4H2,1-3H3,(H,19,20)(H,16,17,18). The van der Waals surface area contributed by atoms with Crippen LogP contribution in [0.15, 0.2) is 30.3 Å². The molecule has 0 spiro atoms. The van der Waals surface area contributed by atoms with Crippen LogP contribution in [0.4, 0.5) is 11.5 Å². The van der Waals surface area contributed by atoms with Crippen molar-refractivity contribution >= 4 is 17.4 Å². The van der Waals surface area contributed by atoms with Gasteiger partial charge in [-0.3, -0.25) is 4.79 Å². The van der Waals surface area contributed by atoms with Crippen molar-refractivity contribution in [2.45, 2.75) is 20.8 Å². The average molecular weight is 286 g/mol. The second kappa shape index (κ2) is 6.69. The molecule has 2 N–H and O–H groups in total. The fourth-order valence-corrected chi connectivity index (χ4v) is 1.83. The molecule has 110 valence electrons. The molecule has 1 heterocycles. The number of hydrogen-bond donors (Lipinski definition) is 2. The lowest BCUT2D eigenvalue weighted by atomic mass is 10.3. The Morgan fingerprint density at radius 1 is 1.29 bits per heavy atom. The van der Waals surface area contributed by atoms with E-state index in [0.29, 0.717) is 29.0 Å². The SMILES string of the molecule is CCNc1cc(Oc2ccccc2NC(C)=O)nc(C)n1. The molecule has 1 aromatic heterocycles. The highest BCUT2D eigenvalue weighted by molar-refractivity contribution is 5.90. The monoisotopic (exact) mass is 286 g/mol. The molecule has 2 rings (SSSR count). The average Bonchev–Trinajstić information content (AvgIpc) is 2.40. The molecule has 0 radical (unpaired) electrons. The summed E-state index contributed by atoms with van der Waals surface area (Å²) < 4.78 is 5.77. The molecule has 6 nitrogen and oxygen atoms in total. The van der Waals surface area contributed by atoms with Crippen molar-refractivity contribution in [3.63, 3.8) is 0 Å². The van der Waals surface area contributed by atoms with E-state index in [9.17, 15) is 4.79 Å². The molecule has 0 aliphatic heterocycles. The van der Waals surface area contributed by atoms with Crippen LogP contribution in [0.5, 0.6) is 11.6 Å². The van der Waals surface area contributed by atoms with Gasteiger partial charge >= 0.3 is 0 Å². The molecule has 0 atom stereocenters. The van der Waals surface area contributed by atoms with Gasteiger partial charge < -0.3 is 15.4 Å². The van der Waals surface area contributed by atoms with Crippen LogP contribution in [0.3, 0.4) is 0 Å². The number of hydrogen-bond acceptors (Lipinski definition) is 5. The smallest absolute Gasteiger partial charge is 0.224 e. The maximum Gasteiger partial charge on any atom is 0.224 e. The molecule has 0 aliphatic rings. The zero-order chi connectivity index (χ0) is 15.2. The molecule has 2 aromatic rings. The molecule has 0 saturated carbocycles. The number of carbonyl (C=O) groups excluding carboxylic acids is 1. The van der Waals surface area contributed by atoms with Crippen molar-refractivity contribution in [1.82, 2.24) is 9.97 Å². The predicted molar refractivity (Wildman–Crippen MR) is 81.8 cm³/mol. The second-order valence-corrected chi connectivity index (χ2v) is 4.45. The van der Waals surface area contributed by atoms with E-state index >= 15 is 0 Å². The first kappa shape index (κ1) is 14.8. The molecule has 0 saturated heterocycles. The van der Waals surface area contributed by atoms with Crippen molar-refractivity contribution in [3.8, 4) is 11.6 Å². The summed E-state index contributed by atoms with van der Waals surface area (Å²) in [6, 6.07) is 8.93. The maximum absolute atomic E-state index is 11.2. The van der Waals surface area contributed by atoms with Crippen LogP contribution in [0.25, 0.3) is 0 Å². The first-order valence-electron chi connectivity index (χ1n) is 6.72. The summed E-state index contributed by atoms with van der Waals surface area (Å²) in [5.74, 6) is 2.13. The van der Waals surface area contributed by atoms with E-state index in [4.69, 9.17) is 4.74 Å². The molecule has 0 aliphatic carbocycles. The second-order valence-electron chi connectivity index (χ2n) is 4.45. The predicted octanol–water partition coefficient (Wildman–Crippen LogP) is 2.97. The third-order valence-electron chi connectivity index (χ3n) is 2.58. The molecular formula is C15H18N4O2. The van der Waals surface area contributed by atoms with E-state index in [-0.39, 0.29) is 5.91 Å². The van der Waals surface area contributed by atoms with Crippen LogP contribution < -0.4 is 15.4 Å². The number of benzene rings is 1. The number of aryl methyl sites for hydroxylation is 1. The summed E-state index contributed by atoms with van der Waals surface area (Å²) in [7, 11) is 0. The van der Waals surface area contributed by atoms with E-state index in [2.05, 4.69) is 20.6 Å². The number of amides is 1. The fraction of sp³-hybridized carbons (Fsp3) is 0.267. The van der Waals surface area contributed by atoms with Crippen LogP contribution in [0.2, 0.25) is 0 Å². The number of nitrogens with zero attached hydrogens (tertiary/aromatic N) is 2. The van der Waals surface area contributed by atoms with Gasteiger partial charge in [0.2, 0.25) is 11.8 Å². The third-order valence-corrected chi connectivity index (χ3v) is 2.58. The van der Waals surface area contributed by atoms with Gasteiger partial charge in [-0.2, -0.15) is 4.98 Å². The Balaban J connectivity index is 2.27. The lowest BCUT2D eigenvalue weighted by molar-refractivity contribution is -0.114. The molecule has 6 heteroatoms. The van der Waals surface area contributed by atoms with Crippen molar-refractivity contribution < 1.29 is 9.53 Å². The molecule has 0 fully saturated rings. The first-order chi connectivity index (χ1) is 10.1. The summed E-state index contributed by atoms with van der Waals surface area (Å²) in [6.45, 7) is 6.00. The van der Waals surface area contributed by atoms with Crippen LogP contribution in [-0.2, 0) is 4.79 Å². The number of carbonyl (C=O) groups is 1. The van der Waals surface area contributed by atoms with Gasteiger partial charge in [0.05, 0.1) is 5.69 Å². The van der Waals surface area contributed by atoms with E-state index in [1.807, 2.05) is 19.1 Å². The number of anilines is 2. The molecular weight excluding hydrogens is 268 g/mol. The quantitative estimate of drug-likeness (QED) is 0.883. The van der Waals surface area contributed by atoms with Crippen molar-refractivity contribution in [2.75, 3.05) is 17.2 Å². The minimum Gasteiger partial charge on any atom is -0.437 e. The van der Waals surface area contributed by atoms with Crippen molar-refractivity contribution in [3.05, 3.63) is 36.2 Å². The Morgan fingerprint density at radius 2 is 2.05 bits per heavy atom. The highest BCUT2D eigenvalue weighted by Gasteiger charge is 2.08. The molecule has 0 unspecified atom stereocenters. The van der Waals surface area contributed by atoms with Gasteiger partial charge in [0.1, 0.15) is 11.6 Å². The topological polar surface area (TPSA) is 76.1 Å². The highest BCUT2D eigenvalue weighted by Crippen LogP contribution is 2.29. The largest absolute Gasteiger partial charge is 0.437 e. The van der Waals surface area contributed by atoms with Crippen molar-refractivity contribution in [1.29, 1.82) is 0 Å². The van der Waals surface area contributed by atoms with E-state index in [0.717, 1.165) is 6.54 Å². The Labute approximate surface area is 123 Å². The van der Waals surface area contributed by atoms with Gasteiger partial charge in [-0.05, 0) is 26.0 Å². The van der Waals surface area contributed by atoms with Gasteiger partial charge in [0.15, 0.2) is 5.75 Å². The first-order valence-corrected chi connectivity index (χ1v) is 6.72. The Morgan fingerprint density at radius 3 is 2.76 bits per heavy atom. The van der Waals surface area contributed by atoms with Gasteiger partial charge in [-0.25, -0.2) is 4.98 Å². The zero-order valence-electron chi connectivity index (χ0n) is 12.3. The van der Waals surface area contributed by atoms with Crippen LogP contribution in [0.1, 0.15) is 19.7 Å². The summed E-state index contributed by atoms with van der Waals surface area (Å²) in [6.07, 6.45) is 0. The lowest BCUT2D eigenvalue weighted by Crippen LogP contribution is -2.07. The van der Waals surface area contributed by atoms with E-state index < -0.39 is 0 Å². The number of rotatable bonds is 5. The van der Waals surface area contributed by atoms with Gasteiger partial charge in [-0.1, -0.05) is 12.1 Å². The van der Waals surface area contributed by atoms with Gasteiger partial charge in [-0.15, -0.1) is 0 Å². The Bertz CT molecular complexity index is 643. The zero-order valence-corrected chi connectivity index (χ0v) is 12.3. The van der Waals surface area contributed by atoms with Gasteiger partial charge in [0.25, 0.3) is 0 Å². The fourth-order valence-electron chi connectivity index (χ4n) is 1.83. The van der Waals surface area contributed by atoms with Crippen molar-refractivity contribution in [2.24, 2.45) is 0 Å². The van der Waals surface area contributed by atoms with Crippen LogP contribution >= 0.6 is 0 Å². The molecule has 1 amide bonds. The van der Waals surface area contributed by atoms with E-state index in [1.165, 1.54) is 6.92 Å².